The number of carbonyl (C=O) groups is 2. The third-order valence-corrected chi connectivity index (χ3v) is 4.40. The second-order valence-corrected chi connectivity index (χ2v) is 5.96. The zero-order valence-electron chi connectivity index (χ0n) is 11.8. The van der Waals surface area contributed by atoms with Crippen LogP contribution in [0.15, 0.2) is 24.3 Å². The fourth-order valence-corrected chi connectivity index (χ4v) is 3.11. The van der Waals surface area contributed by atoms with Crippen molar-refractivity contribution in [1.82, 2.24) is 9.80 Å². The van der Waals surface area contributed by atoms with Gasteiger partial charge in [-0.15, -0.1) is 0 Å². The molecule has 0 aliphatic carbocycles. The fraction of sp³-hybridized carbons (Fsp3) is 0.467. The van der Waals surface area contributed by atoms with Gasteiger partial charge in [0.2, 0.25) is 0 Å². The molecule has 1 aromatic carbocycles. The lowest BCUT2D eigenvalue weighted by Gasteiger charge is -2.35. The SMILES string of the molecule is CC1(CO)CC(O)CN1CN1C(=O)c2ccccc2C1=O. The Hall–Kier alpha value is -1.76. The number of fused-ring (bicyclic) bond motifs is 1. The monoisotopic (exact) mass is 290 g/mol. The van der Waals surface area contributed by atoms with Crippen LogP contribution in [0.25, 0.3) is 0 Å². The van der Waals surface area contributed by atoms with E-state index in [-0.39, 0.29) is 25.1 Å². The van der Waals surface area contributed by atoms with E-state index in [1.165, 1.54) is 4.90 Å². The smallest absolute Gasteiger partial charge is 0.262 e. The molecule has 2 atom stereocenters. The maximum Gasteiger partial charge on any atom is 0.262 e. The zero-order chi connectivity index (χ0) is 15.2. The summed E-state index contributed by atoms with van der Waals surface area (Å²) in [5.41, 5.74) is 0.204. The molecule has 2 N–H and O–H groups in total. The van der Waals surface area contributed by atoms with Crippen molar-refractivity contribution in [2.24, 2.45) is 0 Å². The van der Waals surface area contributed by atoms with E-state index in [9.17, 15) is 19.8 Å². The van der Waals surface area contributed by atoms with Crippen LogP contribution >= 0.6 is 0 Å². The average Bonchev–Trinajstić information content (AvgIpc) is 2.89. The Morgan fingerprint density at radius 1 is 1.24 bits per heavy atom. The first-order valence-corrected chi connectivity index (χ1v) is 6.95. The number of aliphatic hydroxyl groups excluding tert-OH is 2. The number of β-amino-alcohol motifs (C(OH)–C–C–N with tert-alkyl or cyclic N) is 1. The van der Waals surface area contributed by atoms with Gasteiger partial charge in [-0.05, 0) is 25.5 Å². The van der Waals surface area contributed by atoms with E-state index in [0.717, 1.165) is 0 Å². The van der Waals surface area contributed by atoms with Gasteiger partial charge in [0.15, 0.2) is 0 Å². The molecule has 2 aliphatic heterocycles. The highest BCUT2D eigenvalue weighted by molar-refractivity contribution is 6.21. The lowest BCUT2D eigenvalue weighted by Crippen LogP contribution is -2.50. The number of aliphatic hydroxyl groups is 2. The molecule has 21 heavy (non-hydrogen) atoms. The van der Waals surface area contributed by atoms with Crippen LogP contribution in [0.1, 0.15) is 34.1 Å². The molecule has 0 bridgehead atoms. The van der Waals surface area contributed by atoms with E-state index in [1.807, 2.05) is 6.92 Å². The van der Waals surface area contributed by atoms with Gasteiger partial charge in [-0.1, -0.05) is 12.1 Å². The van der Waals surface area contributed by atoms with E-state index in [1.54, 1.807) is 29.2 Å². The first-order chi connectivity index (χ1) is 9.96. The Labute approximate surface area is 122 Å². The molecule has 2 unspecified atom stereocenters. The summed E-state index contributed by atoms with van der Waals surface area (Å²) in [5.74, 6) is -0.644. The van der Waals surface area contributed by atoms with E-state index < -0.39 is 11.6 Å². The van der Waals surface area contributed by atoms with Crippen LogP contribution < -0.4 is 0 Å². The van der Waals surface area contributed by atoms with Gasteiger partial charge >= 0.3 is 0 Å². The van der Waals surface area contributed by atoms with Crippen molar-refractivity contribution in [3.05, 3.63) is 35.4 Å². The van der Waals surface area contributed by atoms with Crippen molar-refractivity contribution < 1.29 is 19.8 Å². The minimum absolute atomic E-state index is 0.0838. The number of benzene rings is 1. The second kappa shape index (κ2) is 4.91. The van der Waals surface area contributed by atoms with E-state index in [0.29, 0.717) is 24.1 Å². The summed E-state index contributed by atoms with van der Waals surface area (Å²) in [6.07, 6.45) is -0.135. The first kappa shape index (κ1) is 14.2. The van der Waals surface area contributed by atoms with Gasteiger partial charge in [0.05, 0.1) is 30.5 Å². The molecular formula is C15H18N2O4. The molecule has 112 valence electrons. The number of carbonyl (C=O) groups excluding carboxylic acids is 2. The van der Waals surface area contributed by atoms with Gasteiger partial charge in [0.25, 0.3) is 11.8 Å². The normalized spacial score (nSPS) is 29.3. The van der Waals surface area contributed by atoms with Gasteiger partial charge < -0.3 is 10.2 Å². The molecule has 2 aliphatic rings. The van der Waals surface area contributed by atoms with Crippen LogP contribution in [-0.2, 0) is 0 Å². The average molecular weight is 290 g/mol. The van der Waals surface area contributed by atoms with Crippen LogP contribution in [0.4, 0.5) is 0 Å². The number of amides is 2. The molecule has 1 saturated heterocycles. The molecule has 0 saturated carbocycles. The highest BCUT2D eigenvalue weighted by Crippen LogP contribution is 2.31. The van der Waals surface area contributed by atoms with Gasteiger partial charge in [0, 0.05) is 12.1 Å². The summed E-state index contributed by atoms with van der Waals surface area (Å²) in [4.78, 5) is 27.6. The minimum atomic E-state index is -0.616. The third-order valence-electron chi connectivity index (χ3n) is 4.40. The topological polar surface area (TPSA) is 81.1 Å². The number of imide groups is 1. The largest absolute Gasteiger partial charge is 0.394 e. The van der Waals surface area contributed by atoms with Crippen molar-refractivity contribution in [3.63, 3.8) is 0 Å². The third kappa shape index (κ3) is 2.16. The van der Waals surface area contributed by atoms with Crippen molar-refractivity contribution in [2.75, 3.05) is 19.8 Å². The molecule has 6 heteroatoms. The predicted molar refractivity (Wildman–Crippen MR) is 74.6 cm³/mol. The summed E-state index contributed by atoms with van der Waals surface area (Å²) in [6.45, 7) is 2.11. The van der Waals surface area contributed by atoms with Crippen molar-refractivity contribution in [1.29, 1.82) is 0 Å². The molecule has 0 spiro atoms. The highest BCUT2D eigenvalue weighted by atomic mass is 16.3. The Balaban J connectivity index is 1.84. The molecular weight excluding hydrogens is 272 g/mol. The van der Waals surface area contributed by atoms with Gasteiger partial charge in [0.1, 0.15) is 0 Å². The number of rotatable bonds is 3. The van der Waals surface area contributed by atoms with Crippen molar-refractivity contribution >= 4 is 11.8 Å². The minimum Gasteiger partial charge on any atom is -0.394 e. The summed E-state index contributed by atoms with van der Waals surface area (Å²) in [5, 5.41) is 19.4. The zero-order valence-corrected chi connectivity index (χ0v) is 11.8. The van der Waals surface area contributed by atoms with Crippen LogP contribution in [-0.4, -0.2) is 63.3 Å². The molecule has 3 rings (SSSR count). The number of likely N-dealkylation sites (tertiary alicyclic amines) is 1. The quantitative estimate of drug-likeness (QED) is 0.769. The molecule has 6 nitrogen and oxygen atoms in total. The highest BCUT2D eigenvalue weighted by Gasteiger charge is 2.44. The first-order valence-electron chi connectivity index (χ1n) is 6.95. The molecule has 2 heterocycles. The summed E-state index contributed by atoms with van der Waals surface area (Å²) < 4.78 is 0. The predicted octanol–water partition coefficient (Wildman–Crippen LogP) is 0.0577. The lowest BCUT2D eigenvalue weighted by atomic mass is 10.00. The van der Waals surface area contributed by atoms with Gasteiger partial charge in [-0.2, -0.15) is 0 Å². The Kier molecular flexibility index (Phi) is 3.32. The van der Waals surface area contributed by atoms with Crippen LogP contribution in [0.3, 0.4) is 0 Å². The Bertz CT molecular complexity index is 568. The molecule has 2 amide bonds. The maximum absolute atomic E-state index is 12.3. The lowest BCUT2D eigenvalue weighted by molar-refractivity contribution is 0.0275. The maximum atomic E-state index is 12.3. The number of nitrogens with zero attached hydrogens (tertiary/aromatic N) is 2. The molecule has 0 radical (unpaired) electrons. The molecule has 0 aromatic heterocycles. The number of hydrogen-bond donors (Lipinski definition) is 2. The van der Waals surface area contributed by atoms with E-state index in [2.05, 4.69) is 0 Å². The summed E-state index contributed by atoms with van der Waals surface area (Å²) in [6, 6.07) is 6.73. The van der Waals surface area contributed by atoms with Crippen LogP contribution in [0.5, 0.6) is 0 Å². The Morgan fingerprint density at radius 2 is 1.81 bits per heavy atom. The van der Waals surface area contributed by atoms with Gasteiger partial charge in [-0.3, -0.25) is 19.4 Å². The summed E-state index contributed by atoms with van der Waals surface area (Å²) in [7, 11) is 0. The second-order valence-electron chi connectivity index (χ2n) is 5.96. The van der Waals surface area contributed by atoms with E-state index in [4.69, 9.17) is 0 Å². The summed E-state index contributed by atoms with van der Waals surface area (Å²) >= 11 is 0. The van der Waals surface area contributed by atoms with Crippen molar-refractivity contribution in [3.8, 4) is 0 Å². The van der Waals surface area contributed by atoms with E-state index >= 15 is 0 Å². The Morgan fingerprint density at radius 3 is 2.33 bits per heavy atom. The standard InChI is InChI=1S/C15H18N2O4/c1-15(8-18)6-10(19)7-16(15)9-17-13(20)11-4-2-3-5-12(11)14(17)21/h2-5,10,18-19H,6-9H2,1H3. The van der Waals surface area contributed by atoms with Crippen LogP contribution in [0.2, 0.25) is 0 Å². The molecule has 1 aromatic rings. The number of hydrogen-bond acceptors (Lipinski definition) is 5. The molecule has 1 fully saturated rings. The fourth-order valence-electron chi connectivity index (χ4n) is 3.11. The van der Waals surface area contributed by atoms with Gasteiger partial charge in [-0.25, -0.2) is 0 Å². The van der Waals surface area contributed by atoms with Crippen molar-refractivity contribution in [2.45, 2.75) is 25.0 Å². The van der Waals surface area contributed by atoms with Crippen LogP contribution in [0, 0.1) is 0 Å².